The monoisotopic (exact) mass is 299 g/mol. The number of carboxylic acids is 1. The van der Waals surface area contributed by atoms with Crippen LogP contribution in [-0.4, -0.2) is 36.7 Å². The molecule has 0 heterocycles. The van der Waals surface area contributed by atoms with Gasteiger partial charge in [0.1, 0.15) is 0 Å². The molecule has 1 aromatic carbocycles. The van der Waals surface area contributed by atoms with Crippen LogP contribution in [0.2, 0.25) is 0 Å². The molecule has 0 amide bonds. The highest BCUT2D eigenvalue weighted by Crippen LogP contribution is 2.31. The van der Waals surface area contributed by atoms with Crippen molar-refractivity contribution in [3.63, 3.8) is 0 Å². The SMILES string of the molecule is O=C(O)Cc1ccc(S(=O)(=O)NCC2(O)CCC2)cc1. The maximum Gasteiger partial charge on any atom is 0.307 e. The van der Waals surface area contributed by atoms with Crippen molar-refractivity contribution < 1.29 is 23.4 Å². The van der Waals surface area contributed by atoms with Crippen molar-refractivity contribution in [1.82, 2.24) is 4.72 Å². The van der Waals surface area contributed by atoms with Crippen LogP contribution in [-0.2, 0) is 21.2 Å². The van der Waals surface area contributed by atoms with Crippen LogP contribution in [0.25, 0.3) is 0 Å². The summed E-state index contributed by atoms with van der Waals surface area (Å²) in [6, 6.07) is 5.68. The number of aliphatic hydroxyl groups is 1. The Morgan fingerprint density at radius 3 is 2.30 bits per heavy atom. The Balaban J connectivity index is 2.03. The number of aliphatic carboxylic acids is 1. The van der Waals surface area contributed by atoms with Crippen LogP contribution in [0.1, 0.15) is 24.8 Å². The first-order chi connectivity index (χ1) is 9.31. The third kappa shape index (κ3) is 3.56. The molecule has 1 aromatic rings. The lowest BCUT2D eigenvalue weighted by Crippen LogP contribution is -2.47. The van der Waals surface area contributed by atoms with E-state index in [-0.39, 0.29) is 17.9 Å². The number of nitrogens with one attached hydrogen (secondary N) is 1. The number of carboxylic acid groups (broad SMARTS) is 1. The summed E-state index contributed by atoms with van der Waals surface area (Å²) < 4.78 is 26.4. The third-order valence-electron chi connectivity index (χ3n) is 3.46. The summed E-state index contributed by atoms with van der Waals surface area (Å²) in [5.74, 6) is -0.967. The van der Waals surface area contributed by atoms with Gasteiger partial charge in [-0.1, -0.05) is 12.1 Å². The molecule has 6 nitrogen and oxygen atoms in total. The Kier molecular flexibility index (Phi) is 4.12. The first-order valence-corrected chi connectivity index (χ1v) is 7.82. The highest BCUT2D eigenvalue weighted by Gasteiger charge is 2.35. The van der Waals surface area contributed by atoms with Crippen LogP contribution in [0.5, 0.6) is 0 Å². The number of hydrogen-bond acceptors (Lipinski definition) is 4. The molecule has 0 aromatic heterocycles. The van der Waals surface area contributed by atoms with Crippen molar-refractivity contribution in [2.24, 2.45) is 0 Å². The van der Waals surface area contributed by atoms with Crippen molar-refractivity contribution in [2.75, 3.05) is 6.54 Å². The molecule has 7 heteroatoms. The average Bonchev–Trinajstić information content (AvgIpc) is 2.34. The molecule has 1 fully saturated rings. The van der Waals surface area contributed by atoms with Crippen LogP contribution in [0.3, 0.4) is 0 Å². The molecule has 0 atom stereocenters. The van der Waals surface area contributed by atoms with Gasteiger partial charge in [0.25, 0.3) is 0 Å². The maximum atomic E-state index is 12.0. The molecular weight excluding hydrogens is 282 g/mol. The molecule has 1 aliphatic carbocycles. The molecule has 1 saturated carbocycles. The molecular formula is C13H17NO5S. The normalized spacial score (nSPS) is 17.4. The number of carbonyl (C=O) groups is 1. The zero-order chi connectivity index (χ0) is 14.8. The molecule has 0 unspecified atom stereocenters. The largest absolute Gasteiger partial charge is 0.481 e. The zero-order valence-electron chi connectivity index (χ0n) is 10.9. The predicted octanol–water partition coefficient (Wildman–Crippen LogP) is 0.507. The van der Waals surface area contributed by atoms with E-state index in [9.17, 15) is 18.3 Å². The highest BCUT2D eigenvalue weighted by atomic mass is 32.2. The van der Waals surface area contributed by atoms with E-state index in [1.165, 1.54) is 24.3 Å². The van der Waals surface area contributed by atoms with E-state index in [2.05, 4.69) is 4.72 Å². The molecule has 1 aliphatic rings. The van der Waals surface area contributed by atoms with Gasteiger partial charge in [0.2, 0.25) is 10.0 Å². The van der Waals surface area contributed by atoms with E-state index < -0.39 is 21.6 Å². The minimum Gasteiger partial charge on any atom is -0.481 e. The number of rotatable bonds is 6. The van der Waals surface area contributed by atoms with Crippen molar-refractivity contribution in [2.45, 2.75) is 36.2 Å². The minimum absolute atomic E-state index is 0.00616. The van der Waals surface area contributed by atoms with E-state index in [0.717, 1.165) is 6.42 Å². The fraction of sp³-hybridized carbons (Fsp3) is 0.462. The number of hydrogen-bond donors (Lipinski definition) is 3. The van der Waals surface area contributed by atoms with Gasteiger partial charge < -0.3 is 10.2 Å². The molecule has 110 valence electrons. The molecule has 3 N–H and O–H groups in total. The molecule has 0 aliphatic heterocycles. The van der Waals surface area contributed by atoms with Crippen molar-refractivity contribution in [3.8, 4) is 0 Å². The Bertz CT molecular complexity index is 590. The lowest BCUT2D eigenvalue weighted by atomic mass is 9.81. The van der Waals surface area contributed by atoms with Gasteiger partial charge in [-0.3, -0.25) is 4.79 Å². The average molecular weight is 299 g/mol. The molecule has 2 rings (SSSR count). The van der Waals surface area contributed by atoms with Gasteiger partial charge in [-0.2, -0.15) is 0 Å². The molecule has 0 radical (unpaired) electrons. The number of sulfonamides is 1. The Morgan fingerprint density at radius 2 is 1.85 bits per heavy atom. The summed E-state index contributed by atoms with van der Waals surface area (Å²) in [6.45, 7) is 0.00616. The molecule has 0 bridgehead atoms. The summed E-state index contributed by atoms with van der Waals surface area (Å²) >= 11 is 0. The quantitative estimate of drug-likeness (QED) is 0.710. The first-order valence-electron chi connectivity index (χ1n) is 6.34. The fourth-order valence-corrected chi connectivity index (χ4v) is 3.16. The lowest BCUT2D eigenvalue weighted by molar-refractivity contribution is -0.136. The first kappa shape index (κ1) is 15.0. The zero-order valence-corrected chi connectivity index (χ0v) is 11.7. The van der Waals surface area contributed by atoms with Gasteiger partial charge in [0.15, 0.2) is 0 Å². The Morgan fingerprint density at radius 1 is 1.25 bits per heavy atom. The summed E-state index contributed by atoms with van der Waals surface area (Å²) in [5.41, 5.74) is -0.384. The summed E-state index contributed by atoms with van der Waals surface area (Å²) in [7, 11) is -3.67. The molecule has 20 heavy (non-hydrogen) atoms. The van der Waals surface area contributed by atoms with Crippen molar-refractivity contribution >= 4 is 16.0 Å². The van der Waals surface area contributed by atoms with Crippen LogP contribution in [0, 0.1) is 0 Å². The summed E-state index contributed by atoms with van der Waals surface area (Å²) in [4.78, 5) is 10.6. The van der Waals surface area contributed by atoms with E-state index in [1.807, 2.05) is 0 Å². The second-order valence-corrected chi connectivity index (χ2v) is 6.88. The van der Waals surface area contributed by atoms with Crippen LogP contribution in [0.4, 0.5) is 0 Å². The van der Waals surface area contributed by atoms with Crippen molar-refractivity contribution in [3.05, 3.63) is 29.8 Å². The minimum atomic E-state index is -3.67. The van der Waals surface area contributed by atoms with Crippen LogP contribution < -0.4 is 4.72 Å². The van der Waals surface area contributed by atoms with Gasteiger partial charge in [0.05, 0.1) is 16.9 Å². The summed E-state index contributed by atoms with van der Waals surface area (Å²) in [5, 5.41) is 18.5. The second kappa shape index (κ2) is 5.51. The van der Waals surface area contributed by atoms with Gasteiger partial charge in [-0.05, 0) is 37.0 Å². The second-order valence-electron chi connectivity index (χ2n) is 5.12. The van der Waals surface area contributed by atoms with Gasteiger partial charge in [0, 0.05) is 6.54 Å². The van der Waals surface area contributed by atoms with Gasteiger partial charge >= 0.3 is 5.97 Å². The smallest absolute Gasteiger partial charge is 0.307 e. The van der Waals surface area contributed by atoms with E-state index in [1.54, 1.807) is 0 Å². The Hall–Kier alpha value is -1.44. The van der Waals surface area contributed by atoms with E-state index in [0.29, 0.717) is 18.4 Å². The van der Waals surface area contributed by atoms with E-state index in [4.69, 9.17) is 5.11 Å². The standard InChI is InChI=1S/C13H17NO5S/c15-12(16)8-10-2-4-11(5-3-10)20(18,19)14-9-13(17)6-1-7-13/h2-5,14,17H,1,6-9H2,(H,15,16). The topological polar surface area (TPSA) is 104 Å². The van der Waals surface area contributed by atoms with E-state index >= 15 is 0 Å². The summed E-state index contributed by atoms with van der Waals surface area (Å²) in [6.07, 6.45) is 1.97. The van der Waals surface area contributed by atoms with Crippen molar-refractivity contribution in [1.29, 1.82) is 0 Å². The molecule has 0 spiro atoms. The number of benzene rings is 1. The fourth-order valence-electron chi connectivity index (χ4n) is 2.04. The Labute approximate surface area is 117 Å². The maximum absolute atomic E-state index is 12.0. The third-order valence-corrected chi connectivity index (χ3v) is 4.88. The highest BCUT2D eigenvalue weighted by molar-refractivity contribution is 7.89. The predicted molar refractivity (Wildman–Crippen MR) is 71.8 cm³/mol. The van der Waals surface area contributed by atoms with Gasteiger partial charge in [-0.25, -0.2) is 13.1 Å². The molecule has 0 saturated heterocycles. The van der Waals surface area contributed by atoms with Crippen LogP contribution >= 0.6 is 0 Å². The van der Waals surface area contributed by atoms with Gasteiger partial charge in [-0.15, -0.1) is 0 Å². The van der Waals surface area contributed by atoms with Crippen LogP contribution in [0.15, 0.2) is 29.2 Å². The lowest BCUT2D eigenvalue weighted by Gasteiger charge is -2.36.